The normalized spacial score (nSPS) is 11.1. The standard InChI is InChI=1S/C22H19N7OS/c1-28-18(9-12-24-28)17-14-31-22(26-17)27-20(30)10-13-29-19-8-3-2-6-15(19)25-21(29)16-7-4-5-11-23-16/h2-9,11-12,14H,10,13H2,1H3,(H,26,27,30). The van der Waals surface area contributed by atoms with Crippen LogP contribution in [-0.4, -0.2) is 35.2 Å². The zero-order valence-corrected chi connectivity index (χ0v) is 17.6. The van der Waals surface area contributed by atoms with Crippen molar-refractivity contribution in [3.8, 4) is 22.9 Å². The number of carbonyl (C=O) groups excluding carboxylic acids is 1. The molecule has 0 bridgehead atoms. The summed E-state index contributed by atoms with van der Waals surface area (Å²) in [5.41, 5.74) is 4.33. The van der Waals surface area contributed by atoms with Gasteiger partial charge >= 0.3 is 0 Å². The summed E-state index contributed by atoms with van der Waals surface area (Å²) in [6.07, 6.45) is 3.76. The van der Waals surface area contributed by atoms with Gasteiger partial charge in [0.15, 0.2) is 11.0 Å². The van der Waals surface area contributed by atoms with Gasteiger partial charge in [-0.05, 0) is 30.3 Å². The van der Waals surface area contributed by atoms with E-state index in [0.29, 0.717) is 18.1 Å². The van der Waals surface area contributed by atoms with Gasteiger partial charge in [0, 0.05) is 37.8 Å². The fourth-order valence-corrected chi connectivity index (χ4v) is 4.18. The predicted octanol–water partition coefficient (Wildman–Crippen LogP) is 3.98. The topological polar surface area (TPSA) is 90.5 Å². The Kier molecular flexibility index (Phi) is 5.01. The SMILES string of the molecule is Cn1nccc1-c1csc(NC(=O)CCn2c(-c3ccccn3)nc3ccccc32)n1. The number of aromatic nitrogens is 6. The first-order valence-corrected chi connectivity index (χ1v) is 10.7. The monoisotopic (exact) mass is 429 g/mol. The number of hydrogen-bond acceptors (Lipinski definition) is 6. The van der Waals surface area contributed by atoms with Crippen molar-refractivity contribution in [1.29, 1.82) is 0 Å². The number of rotatable bonds is 6. The Labute approximate surface area is 182 Å². The van der Waals surface area contributed by atoms with Crippen LogP contribution in [0.4, 0.5) is 5.13 Å². The molecule has 1 aromatic carbocycles. The van der Waals surface area contributed by atoms with Gasteiger partial charge in [-0.3, -0.25) is 14.5 Å². The quantitative estimate of drug-likeness (QED) is 0.441. The lowest BCUT2D eigenvalue weighted by Crippen LogP contribution is -2.15. The van der Waals surface area contributed by atoms with E-state index < -0.39 is 0 Å². The molecule has 9 heteroatoms. The number of thiazole rings is 1. The number of para-hydroxylation sites is 2. The van der Waals surface area contributed by atoms with Crippen molar-refractivity contribution in [1.82, 2.24) is 29.3 Å². The first-order chi connectivity index (χ1) is 15.2. The van der Waals surface area contributed by atoms with Crippen LogP contribution in [0.25, 0.3) is 33.9 Å². The minimum absolute atomic E-state index is 0.101. The zero-order chi connectivity index (χ0) is 21.2. The lowest BCUT2D eigenvalue weighted by Gasteiger charge is -2.09. The molecule has 0 unspecified atom stereocenters. The number of fused-ring (bicyclic) bond motifs is 1. The maximum absolute atomic E-state index is 12.6. The van der Waals surface area contributed by atoms with Gasteiger partial charge < -0.3 is 9.88 Å². The Morgan fingerprint density at radius 1 is 1.03 bits per heavy atom. The van der Waals surface area contributed by atoms with E-state index in [1.165, 1.54) is 11.3 Å². The molecule has 1 N–H and O–H groups in total. The van der Waals surface area contributed by atoms with Crippen LogP contribution in [0.15, 0.2) is 66.3 Å². The summed E-state index contributed by atoms with van der Waals surface area (Å²) in [5, 5.41) is 9.55. The van der Waals surface area contributed by atoms with Gasteiger partial charge in [0.2, 0.25) is 5.91 Å². The molecule has 0 saturated heterocycles. The van der Waals surface area contributed by atoms with Crippen LogP contribution in [0, 0.1) is 0 Å². The number of pyridine rings is 1. The van der Waals surface area contributed by atoms with Crippen molar-refractivity contribution >= 4 is 33.4 Å². The first kappa shape index (κ1) is 19.1. The first-order valence-electron chi connectivity index (χ1n) is 9.79. The number of hydrogen-bond donors (Lipinski definition) is 1. The number of aryl methyl sites for hydroxylation is 2. The Bertz CT molecular complexity index is 1350. The molecular weight excluding hydrogens is 410 g/mol. The maximum Gasteiger partial charge on any atom is 0.227 e. The Hall–Kier alpha value is -3.85. The second-order valence-electron chi connectivity index (χ2n) is 6.97. The van der Waals surface area contributed by atoms with Gasteiger partial charge in [0.1, 0.15) is 11.4 Å². The number of imidazole rings is 1. The third kappa shape index (κ3) is 3.82. The molecule has 0 radical (unpaired) electrons. The molecule has 154 valence electrons. The molecule has 0 fully saturated rings. The minimum atomic E-state index is -0.101. The fraction of sp³-hybridized carbons (Fsp3) is 0.136. The molecule has 1 amide bonds. The molecule has 0 saturated carbocycles. The van der Waals surface area contributed by atoms with Crippen LogP contribution in [0.3, 0.4) is 0 Å². The van der Waals surface area contributed by atoms with Gasteiger partial charge in [-0.15, -0.1) is 11.3 Å². The average molecular weight is 430 g/mol. The molecule has 4 heterocycles. The molecular formula is C22H19N7OS. The second kappa shape index (κ2) is 8.11. The number of benzene rings is 1. The molecule has 0 aliphatic heterocycles. The van der Waals surface area contributed by atoms with Gasteiger partial charge in [-0.25, -0.2) is 9.97 Å². The van der Waals surface area contributed by atoms with Crippen LogP contribution >= 0.6 is 11.3 Å². The van der Waals surface area contributed by atoms with Crippen LogP contribution < -0.4 is 5.32 Å². The van der Waals surface area contributed by atoms with Crippen LogP contribution in [0.5, 0.6) is 0 Å². The number of nitrogens with one attached hydrogen (secondary N) is 1. The summed E-state index contributed by atoms with van der Waals surface area (Å²) < 4.78 is 3.80. The van der Waals surface area contributed by atoms with Gasteiger partial charge in [0.25, 0.3) is 0 Å². The lowest BCUT2D eigenvalue weighted by atomic mass is 10.3. The summed E-state index contributed by atoms with van der Waals surface area (Å²) in [7, 11) is 1.86. The van der Waals surface area contributed by atoms with Crippen LogP contribution in [0.1, 0.15) is 6.42 Å². The van der Waals surface area contributed by atoms with Crippen LogP contribution in [-0.2, 0) is 18.4 Å². The Morgan fingerprint density at radius 3 is 2.71 bits per heavy atom. The van der Waals surface area contributed by atoms with E-state index in [1.807, 2.05) is 65.5 Å². The molecule has 5 rings (SSSR count). The molecule has 5 aromatic rings. The molecule has 8 nitrogen and oxygen atoms in total. The Morgan fingerprint density at radius 2 is 1.90 bits per heavy atom. The molecule has 0 spiro atoms. The van der Waals surface area contributed by atoms with Gasteiger partial charge in [0.05, 0.1) is 16.7 Å². The molecule has 31 heavy (non-hydrogen) atoms. The fourth-order valence-electron chi connectivity index (χ4n) is 3.46. The van der Waals surface area contributed by atoms with Crippen molar-refractivity contribution in [2.24, 2.45) is 7.05 Å². The van der Waals surface area contributed by atoms with Crippen molar-refractivity contribution in [3.63, 3.8) is 0 Å². The lowest BCUT2D eigenvalue weighted by molar-refractivity contribution is -0.116. The Balaban J connectivity index is 1.34. The van der Waals surface area contributed by atoms with Gasteiger partial charge in [-0.2, -0.15) is 5.10 Å². The molecule has 4 aromatic heterocycles. The summed E-state index contributed by atoms with van der Waals surface area (Å²) in [4.78, 5) is 26.3. The van der Waals surface area contributed by atoms with Crippen molar-refractivity contribution in [2.45, 2.75) is 13.0 Å². The summed E-state index contributed by atoms with van der Waals surface area (Å²) in [6.45, 7) is 0.484. The third-order valence-corrected chi connectivity index (χ3v) is 5.70. The van der Waals surface area contributed by atoms with Crippen molar-refractivity contribution in [2.75, 3.05) is 5.32 Å². The number of carbonyl (C=O) groups is 1. The minimum Gasteiger partial charge on any atom is -0.322 e. The van der Waals surface area contributed by atoms with Crippen molar-refractivity contribution < 1.29 is 4.79 Å². The summed E-state index contributed by atoms with van der Waals surface area (Å²) in [6, 6.07) is 15.5. The number of anilines is 1. The highest BCUT2D eigenvalue weighted by Gasteiger charge is 2.15. The highest BCUT2D eigenvalue weighted by molar-refractivity contribution is 7.14. The molecule has 0 aliphatic carbocycles. The summed E-state index contributed by atoms with van der Waals surface area (Å²) in [5.74, 6) is 0.651. The smallest absolute Gasteiger partial charge is 0.227 e. The highest BCUT2D eigenvalue weighted by Crippen LogP contribution is 2.25. The zero-order valence-electron chi connectivity index (χ0n) is 16.8. The van der Waals surface area contributed by atoms with E-state index in [-0.39, 0.29) is 5.91 Å². The van der Waals surface area contributed by atoms with E-state index in [9.17, 15) is 4.79 Å². The van der Waals surface area contributed by atoms with E-state index in [1.54, 1.807) is 17.1 Å². The molecule has 0 aliphatic rings. The van der Waals surface area contributed by atoms with E-state index in [4.69, 9.17) is 4.98 Å². The van der Waals surface area contributed by atoms with Crippen LogP contribution in [0.2, 0.25) is 0 Å². The van der Waals surface area contributed by atoms with E-state index in [0.717, 1.165) is 33.9 Å². The second-order valence-corrected chi connectivity index (χ2v) is 7.82. The van der Waals surface area contributed by atoms with Gasteiger partial charge in [-0.1, -0.05) is 18.2 Å². The number of nitrogens with zero attached hydrogens (tertiary/aromatic N) is 6. The maximum atomic E-state index is 12.6. The predicted molar refractivity (Wildman–Crippen MR) is 121 cm³/mol. The number of amides is 1. The largest absolute Gasteiger partial charge is 0.322 e. The van der Waals surface area contributed by atoms with E-state index >= 15 is 0 Å². The average Bonchev–Trinajstić information content (AvgIpc) is 3.51. The van der Waals surface area contributed by atoms with Crippen molar-refractivity contribution in [3.05, 3.63) is 66.3 Å². The third-order valence-electron chi connectivity index (χ3n) is 4.94. The summed E-state index contributed by atoms with van der Waals surface area (Å²) >= 11 is 1.40. The highest BCUT2D eigenvalue weighted by atomic mass is 32.1. The van der Waals surface area contributed by atoms with E-state index in [2.05, 4.69) is 20.4 Å². The molecule has 0 atom stereocenters.